The molecule has 0 aromatic heterocycles. The third kappa shape index (κ3) is 3.80. The summed E-state index contributed by atoms with van der Waals surface area (Å²) in [5.74, 6) is 1.73. The predicted molar refractivity (Wildman–Crippen MR) is 89.0 cm³/mol. The van der Waals surface area contributed by atoms with Crippen LogP contribution in [0.4, 0.5) is 0 Å². The second-order valence-corrected chi connectivity index (χ2v) is 6.38. The molecule has 2 atom stereocenters. The highest BCUT2D eigenvalue weighted by Gasteiger charge is 2.31. The van der Waals surface area contributed by atoms with Crippen molar-refractivity contribution in [1.29, 1.82) is 0 Å². The second-order valence-electron chi connectivity index (χ2n) is 6.38. The van der Waals surface area contributed by atoms with Crippen LogP contribution in [-0.2, 0) is 4.79 Å². The lowest BCUT2D eigenvalue weighted by Gasteiger charge is -2.25. The summed E-state index contributed by atoms with van der Waals surface area (Å²) >= 11 is 0. The maximum Gasteiger partial charge on any atom is 0.263 e. The Hall–Kier alpha value is -1.55. The van der Waals surface area contributed by atoms with Crippen LogP contribution >= 0.6 is 0 Å². The molecule has 0 aliphatic carbocycles. The van der Waals surface area contributed by atoms with Gasteiger partial charge in [-0.05, 0) is 42.9 Å². The lowest BCUT2D eigenvalue weighted by molar-refractivity contribution is -0.137. The topological polar surface area (TPSA) is 55.6 Å². The molecule has 4 heteroatoms. The minimum Gasteiger partial charge on any atom is -0.480 e. The molecular weight excluding hydrogens is 276 g/mol. The van der Waals surface area contributed by atoms with Gasteiger partial charge in [-0.1, -0.05) is 39.0 Å². The Bertz CT molecular complexity index is 502. The number of ether oxygens (including phenoxy) is 1. The van der Waals surface area contributed by atoms with E-state index in [-0.39, 0.29) is 5.91 Å². The first-order chi connectivity index (χ1) is 10.6. The third-order valence-corrected chi connectivity index (χ3v) is 4.39. The molecule has 1 amide bonds. The number of carbonyl (C=O) groups is 1. The SMILES string of the molecule is CC[C@H](Oc1ccccc1C(C)C)C(=O)N1CC[C@@H](CN)C1. The van der Waals surface area contributed by atoms with Crippen LogP contribution < -0.4 is 10.5 Å². The summed E-state index contributed by atoms with van der Waals surface area (Å²) in [6.45, 7) is 8.48. The molecule has 0 bridgehead atoms. The van der Waals surface area contributed by atoms with Gasteiger partial charge >= 0.3 is 0 Å². The van der Waals surface area contributed by atoms with E-state index in [1.165, 1.54) is 0 Å². The van der Waals surface area contributed by atoms with E-state index in [0.29, 0.717) is 24.8 Å². The van der Waals surface area contributed by atoms with E-state index in [1.807, 2.05) is 30.0 Å². The Kier molecular flexibility index (Phi) is 5.83. The summed E-state index contributed by atoms with van der Waals surface area (Å²) in [4.78, 5) is 14.6. The van der Waals surface area contributed by atoms with Crippen LogP contribution in [0.1, 0.15) is 45.1 Å². The summed E-state index contributed by atoms with van der Waals surface area (Å²) in [5.41, 5.74) is 6.86. The normalized spacial score (nSPS) is 19.5. The standard InChI is InChI=1S/C18H28N2O2/c1-4-16(18(21)20-10-9-14(11-19)12-20)22-17-8-6-5-7-15(17)13(2)3/h5-8,13-14,16H,4,9-12,19H2,1-3H3/t14-,16-/m0/s1. The van der Waals surface area contributed by atoms with Gasteiger partial charge in [0.25, 0.3) is 5.91 Å². The zero-order chi connectivity index (χ0) is 16.1. The largest absolute Gasteiger partial charge is 0.480 e. The minimum atomic E-state index is -0.406. The minimum absolute atomic E-state index is 0.0945. The number of nitrogens with two attached hydrogens (primary N) is 1. The van der Waals surface area contributed by atoms with Crippen LogP contribution in [0.3, 0.4) is 0 Å². The van der Waals surface area contributed by atoms with E-state index < -0.39 is 6.10 Å². The van der Waals surface area contributed by atoms with Crippen molar-refractivity contribution in [2.75, 3.05) is 19.6 Å². The number of amides is 1. The van der Waals surface area contributed by atoms with Gasteiger partial charge in [-0.25, -0.2) is 0 Å². The summed E-state index contributed by atoms with van der Waals surface area (Å²) in [7, 11) is 0. The molecule has 22 heavy (non-hydrogen) atoms. The van der Waals surface area contributed by atoms with Crippen molar-refractivity contribution in [2.45, 2.75) is 45.6 Å². The predicted octanol–water partition coefficient (Wildman–Crippen LogP) is 2.77. The van der Waals surface area contributed by atoms with E-state index in [4.69, 9.17) is 10.5 Å². The molecule has 1 aliphatic heterocycles. The maximum atomic E-state index is 12.7. The quantitative estimate of drug-likeness (QED) is 0.879. The van der Waals surface area contributed by atoms with Gasteiger partial charge < -0.3 is 15.4 Å². The molecule has 1 aromatic rings. The molecular formula is C18H28N2O2. The van der Waals surface area contributed by atoms with Crippen LogP contribution in [0.2, 0.25) is 0 Å². The zero-order valence-corrected chi connectivity index (χ0v) is 13.9. The molecule has 1 aliphatic rings. The summed E-state index contributed by atoms with van der Waals surface area (Å²) in [6, 6.07) is 7.99. The van der Waals surface area contributed by atoms with Crippen molar-refractivity contribution >= 4 is 5.91 Å². The fourth-order valence-electron chi connectivity index (χ4n) is 2.96. The van der Waals surface area contributed by atoms with E-state index in [9.17, 15) is 4.79 Å². The molecule has 1 fully saturated rings. The van der Waals surface area contributed by atoms with E-state index >= 15 is 0 Å². The fourth-order valence-corrected chi connectivity index (χ4v) is 2.96. The molecule has 1 aromatic carbocycles. The van der Waals surface area contributed by atoms with Crippen LogP contribution in [-0.4, -0.2) is 36.5 Å². The summed E-state index contributed by atoms with van der Waals surface area (Å²) < 4.78 is 6.08. The number of para-hydroxylation sites is 1. The first kappa shape index (κ1) is 16.8. The second kappa shape index (κ2) is 7.63. The number of rotatable bonds is 6. The Balaban J connectivity index is 2.08. The maximum absolute atomic E-state index is 12.7. The summed E-state index contributed by atoms with van der Waals surface area (Å²) in [6.07, 6.45) is 1.27. The van der Waals surface area contributed by atoms with Crippen molar-refractivity contribution in [2.24, 2.45) is 11.7 Å². The Morgan fingerprint density at radius 3 is 2.73 bits per heavy atom. The number of likely N-dealkylation sites (tertiary alicyclic amines) is 1. The van der Waals surface area contributed by atoms with Gasteiger partial charge in [-0.3, -0.25) is 4.79 Å². The zero-order valence-electron chi connectivity index (χ0n) is 13.9. The highest BCUT2D eigenvalue weighted by molar-refractivity contribution is 5.81. The fraction of sp³-hybridized carbons (Fsp3) is 0.611. The number of carbonyl (C=O) groups excluding carboxylic acids is 1. The number of benzene rings is 1. The molecule has 0 spiro atoms. The third-order valence-electron chi connectivity index (χ3n) is 4.39. The van der Waals surface area contributed by atoms with Crippen LogP contribution in [0, 0.1) is 5.92 Å². The molecule has 0 saturated carbocycles. The molecule has 0 radical (unpaired) electrons. The summed E-state index contributed by atoms with van der Waals surface area (Å²) in [5, 5.41) is 0. The Labute approximate surface area is 133 Å². The van der Waals surface area contributed by atoms with Crippen molar-refractivity contribution < 1.29 is 9.53 Å². The first-order valence-corrected chi connectivity index (χ1v) is 8.31. The van der Waals surface area contributed by atoms with Crippen molar-refractivity contribution in [3.63, 3.8) is 0 Å². The van der Waals surface area contributed by atoms with E-state index in [0.717, 1.165) is 30.8 Å². The van der Waals surface area contributed by atoms with Crippen molar-refractivity contribution in [3.05, 3.63) is 29.8 Å². The number of hydrogen-bond donors (Lipinski definition) is 1. The van der Waals surface area contributed by atoms with E-state index in [1.54, 1.807) is 0 Å². The smallest absolute Gasteiger partial charge is 0.263 e. The van der Waals surface area contributed by atoms with Crippen molar-refractivity contribution in [3.8, 4) is 5.75 Å². The molecule has 2 N–H and O–H groups in total. The van der Waals surface area contributed by atoms with Crippen molar-refractivity contribution in [1.82, 2.24) is 4.90 Å². The highest BCUT2D eigenvalue weighted by Crippen LogP contribution is 2.28. The number of hydrogen-bond acceptors (Lipinski definition) is 3. The Morgan fingerprint density at radius 1 is 1.41 bits per heavy atom. The first-order valence-electron chi connectivity index (χ1n) is 8.31. The van der Waals surface area contributed by atoms with E-state index in [2.05, 4.69) is 19.9 Å². The van der Waals surface area contributed by atoms with Gasteiger partial charge in [0.1, 0.15) is 5.75 Å². The number of nitrogens with zero attached hydrogens (tertiary/aromatic N) is 1. The Morgan fingerprint density at radius 2 is 2.14 bits per heavy atom. The van der Waals surface area contributed by atoms with Crippen LogP contribution in [0.25, 0.3) is 0 Å². The average Bonchev–Trinajstić information content (AvgIpc) is 3.01. The molecule has 4 nitrogen and oxygen atoms in total. The van der Waals surface area contributed by atoms with Crippen LogP contribution in [0.5, 0.6) is 5.75 Å². The molecule has 0 unspecified atom stereocenters. The molecule has 1 saturated heterocycles. The van der Waals surface area contributed by atoms with Gasteiger partial charge in [0, 0.05) is 13.1 Å². The average molecular weight is 304 g/mol. The molecule has 122 valence electrons. The van der Waals surface area contributed by atoms with Gasteiger partial charge in [-0.2, -0.15) is 0 Å². The molecule has 1 heterocycles. The lowest BCUT2D eigenvalue weighted by atomic mass is 10.0. The molecule has 2 rings (SSSR count). The monoisotopic (exact) mass is 304 g/mol. The van der Waals surface area contributed by atoms with Crippen LogP contribution in [0.15, 0.2) is 24.3 Å². The highest BCUT2D eigenvalue weighted by atomic mass is 16.5. The van der Waals surface area contributed by atoms with Gasteiger partial charge in [0.15, 0.2) is 6.10 Å². The lowest BCUT2D eigenvalue weighted by Crippen LogP contribution is -2.41. The van der Waals surface area contributed by atoms with Gasteiger partial charge in [0.2, 0.25) is 0 Å². The van der Waals surface area contributed by atoms with Gasteiger partial charge in [-0.15, -0.1) is 0 Å². The van der Waals surface area contributed by atoms with Gasteiger partial charge in [0.05, 0.1) is 0 Å².